The lowest BCUT2D eigenvalue weighted by Crippen LogP contribution is -2.32. The van der Waals surface area contributed by atoms with E-state index in [-0.39, 0.29) is 5.84 Å². The second-order valence-corrected chi connectivity index (χ2v) is 5.67. The molecule has 4 nitrogen and oxygen atoms in total. The Morgan fingerprint density at radius 3 is 2.58 bits per heavy atom. The summed E-state index contributed by atoms with van der Waals surface area (Å²) in [5, 5.41) is 12.6. The van der Waals surface area contributed by atoms with E-state index in [0.29, 0.717) is 22.5 Å². The molecule has 1 aromatic rings. The highest BCUT2D eigenvalue weighted by atomic mass is 35.5. The first-order chi connectivity index (χ1) is 8.86. The third kappa shape index (κ3) is 4.03. The number of halogens is 1. The van der Waals surface area contributed by atoms with Crippen molar-refractivity contribution in [3.8, 4) is 0 Å². The van der Waals surface area contributed by atoms with Crippen LogP contribution < -0.4 is 10.6 Å². The lowest BCUT2D eigenvalue weighted by atomic mass is 10.0. The normalized spacial score (nSPS) is 13.7. The third-order valence-electron chi connectivity index (χ3n) is 3.20. The molecule has 0 aromatic heterocycles. The zero-order chi connectivity index (χ0) is 14.6. The Bertz CT molecular complexity index is 460. The van der Waals surface area contributed by atoms with Gasteiger partial charge in [0.25, 0.3) is 0 Å². The van der Waals surface area contributed by atoms with Crippen LogP contribution in [0, 0.1) is 5.92 Å². The van der Waals surface area contributed by atoms with Gasteiger partial charge < -0.3 is 15.8 Å². The van der Waals surface area contributed by atoms with Crippen LogP contribution in [0.25, 0.3) is 0 Å². The highest BCUT2D eigenvalue weighted by molar-refractivity contribution is 6.31. The molecule has 0 aliphatic heterocycles. The lowest BCUT2D eigenvalue weighted by Gasteiger charge is -2.30. The summed E-state index contributed by atoms with van der Waals surface area (Å²) >= 11 is 6.05. The predicted molar refractivity (Wildman–Crippen MR) is 81.3 cm³/mol. The maximum atomic E-state index is 8.86. The van der Waals surface area contributed by atoms with Crippen molar-refractivity contribution in [1.29, 1.82) is 0 Å². The first-order valence-electron chi connectivity index (χ1n) is 6.37. The Hall–Kier alpha value is -1.42. The fourth-order valence-corrected chi connectivity index (χ4v) is 2.31. The largest absolute Gasteiger partial charge is 0.409 e. The SMILES string of the molecule is CC(C)CC(C)N(C)c1cc(Cl)ccc1C(N)=NO. The second-order valence-electron chi connectivity index (χ2n) is 5.24. The van der Waals surface area contributed by atoms with Crippen LogP contribution in [-0.2, 0) is 0 Å². The molecule has 0 fully saturated rings. The maximum Gasteiger partial charge on any atom is 0.172 e. The van der Waals surface area contributed by atoms with Gasteiger partial charge in [0.2, 0.25) is 0 Å². The van der Waals surface area contributed by atoms with Gasteiger partial charge >= 0.3 is 0 Å². The van der Waals surface area contributed by atoms with Gasteiger partial charge in [-0.05, 0) is 37.5 Å². The van der Waals surface area contributed by atoms with Crippen LogP contribution in [0.4, 0.5) is 5.69 Å². The zero-order valence-corrected chi connectivity index (χ0v) is 12.6. The molecule has 1 atom stereocenters. The summed E-state index contributed by atoms with van der Waals surface area (Å²) in [5.74, 6) is 0.694. The van der Waals surface area contributed by atoms with Crippen LogP contribution in [-0.4, -0.2) is 24.1 Å². The smallest absolute Gasteiger partial charge is 0.172 e. The highest BCUT2D eigenvalue weighted by Crippen LogP contribution is 2.27. The molecule has 106 valence electrons. The van der Waals surface area contributed by atoms with E-state index in [9.17, 15) is 0 Å². The zero-order valence-electron chi connectivity index (χ0n) is 11.9. The molecule has 1 rings (SSSR count). The summed E-state index contributed by atoms with van der Waals surface area (Å²) in [6, 6.07) is 5.68. The van der Waals surface area contributed by atoms with E-state index in [0.717, 1.165) is 12.1 Å². The van der Waals surface area contributed by atoms with Gasteiger partial charge in [-0.2, -0.15) is 0 Å². The van der Waals surface area contributed by atoms with E-state index in [1.165, 1.54) is 0 Å². The average molecular weight is 284 g/mol. The average Bonchev–Trinajstić information content (AvgIpc) is 2.36. The van der Waals surface area contributed by atoms with Crippen molar-refractivity contribution < 1.29 is 5.21 Å². The van der Waals surface area contributed by atoms with E-state index >= 15 is 0 Å². The van der Waals surface area contributed by atoms with Gasteiger partial charge in [0.15, 0.2) is 5.84 Å². The fraction of sp³-hybridized carbons (Fsp3) is 0.500. The first-order valence-corrected chi connectivity index (χ1v) is 6.74. The van der Waals surface area contributed by atoms with Crippen molar-refractivity contribution in [2.24, 2.45) is 16.8 Å². The molecule has 0 aliphatic carbocycles. The van der Waals surface area contributed by atoms with Crippen LogP contribution in [0.1, 0.15) is 32.8 Å². The molecule has 19 heavy (non-hydrogen) atoms. The van der Waals surface area contributed by atoms with Gasteiger partial charge in [-0.3, -0.25) is 0 Å². The van der Waals surface area contributed by atoms with Crippen molar-refractivity contribution in [3.63, 3.8) is 0 Å². The standard InChI is InChI=1S/C14H22ClN3O/c1-9(2)7-10(3)18(4)13-8-11(15)5-6-12(13)14(16)17-19/h5-6,8-10,19H,7H2,1-4H3,(H2,16,17). The molecule has 1 aromatic carbocycles. The number of amidine groups is 1. The van der Waals surface area contributed by atoms with Crippen molar-refractivity contribution in [1.82, 2.24) is 0 Å². The van der Waals surface area contributed by atoms with Crippen LogP contribution in [0.3, 0.4) is 0 Å². The number of rotatable bonds is 5. The van der Waals surface area contributed by atoms with Crippen LogP contribution >= 0.6 is 11.6 Å². The Labute approximate surface area is 119 Å². The summed E-state index contributed by atoms with van der Waals surface area (Å²) in [5.41, 5.74) is 7.27. The van der Waals surface area contributed by atoms with Crippen molar-refractivity contribution >= 4 is 23.1 Å². The Balaban J connectivity index is 3.13. The molecule has 0 saturated carbocycles. The minimum absolute atomic E-state index is 0.0928. The van der Waals surface area contributed by atoms with Gasteiger partial charge in [0, 0.05) is 29.4 Å². The topological polar surface area (TPSA) is 61.8 Å². The predicted octanol–water partition coefficient (Wildman–Crippen LogP) is 3.31. The van der Waals surface area contributed by atoms with E-state index in [1.54, 1.807) is 12.1 Å². The molecule has 1 unspecified atom stereocenters. The molecule has 3 N–H and O–H groups in total. The highest BCUT2D eigenvalue weighted by Gasteiger charge is 2.17. The quantitative estimate of drug-likeness (QED) is 0.377. The number of benzene rings is 1. The fourth-order valence-electron chi connectivity index (χ4n) is 2.14. The number of anilines is 1. The molecule has 0 saturated heterocycles. The summed E-state index contributed by atoms with van der Waals surface area (Å²) in [6.07, 6.45) is 1.05. The van der Waals surface area contributed by atoms with Gasteiger partial charge in [-0.15, -0.1) is 0 Å². The summed E-state index contributed by atoms with van der Waals surface area (Å²) < 4.78 is 0. The second kappa shape index (κ2) is 6.66. The van der Waals surface area contributed by atoms with Gasteiger partial charge in [0.05, 0.1) is 0 Å². The van der Waals surface area contributed by atoms with Crippen molar-refractivity contribution in [2.45, 2.75) is 33.2 Å². The molecule has 0 amide bonds. The summed E-state index contributed by atoms with van der Waals surface area (Å²) in [4.78, 5) is 2.11. The molecule has 0 heterocycles. The molecular formula is C14H22ClN3O. The molecule has 0 bridgehead atoms. The first kappa shape index (κ1) is 15.6. The molecular weight excluding hydrogens is 262 g/mol. The van der Waals surface area contributed by atoms with Crippen molar-refractivity contribution in [3.05, 3.63) is 28.8 Å². The van der Waals surface area contributed by atoms with E-state index in [1.807, 2.05) is 13.1 Å². The van der Waals surface area contributed by atoms with Crippen LogP contribution in [0.2, 0.25) is 5.02 Å². The molecule has 0 radical (unpaired) electrons. The Morgan fingerprint density at radius 1 is 1.42 bits per heavy atom. The van der Waals surface area contributed by atoms with Crippen LogP contribution in [0.15, 0.2) is 23.4 Å². The summed E-state index contributed by atoms with van der Waals surface area (Å²) in [6.45, 7) is 6.52. The van der Waals surface area contributed by atoms with Gasteiger partial charge in [-0.25, -0.2) is 0 Å². The van der Waals surface area contributed by atoms with Crippen molar-refractivity contribution in [2.75, 3.05) is 11.9 Å². The monoisotopic (exact) mass is 283 g/mol. The van der Waals surface area contributed by atoms with Crippen LogP contribution in [0.5, 0.6) is 0 Å². The molecule has 0 spiro atoms. The number of nitrogens with zero attached hydrogens (tertiary/aromatic N) is 2. The van der Waals surface area contributed by atoms with E-state index in [4.69, 9.17) is 22.5 Å². The number of hydrogen-bond donors (Lipinski definition) is 2. The third-order valence-corrected chi connectivity index (χ3v) is 3.43. The van der Waals surface area contributed by atoms with Gasteiger partial charge in [0.1, 0.15) is 0 Å². The minimum atomic E-state index is 0.0928. The Kier molecular flexibility index (Phi) is 5.48. The minimum Gasteiger partial charge on any atom is -0.409 e. The van der Waals surface area contributed by atoms with Gasteiger partial charge in [-0.1, -0.05) is 30.6 Å². The Morgan fingerprint density at radius 2 is 2.05 bits per heavy atom. The number of nitrogens with two attached hydrogens (primary N) is 1. The lowest BCUT2D eigenvalue weighted by molar-refractivity contribution is 0.318. The number of hydrogen-bond acceptors (Lipinski definition) is 3. The summed E-state index contributed by atoms with van der Waals surface area (Å²) in [7, 11) is 1.99. The molecule has 0 aliphatic rings. The van der Waals surface area contributed by atoms with E-state index < -0.39 is 0 Å². The molecule has 5 heteroatoms. The number of oxime groups is 1. The maximum absolute atomic E-state index is 8.86. The van der Waals surface area contributed by atoms with E-state index in [2.05, 4.69) is 30.8 Å².